The summed E-state index contributed by atoms with van der Waals surface area (Å²) in [7, 11) is 0. The second kappa shape index (κ2) is 41.1. The Morgan fingerprint density at radius 1 is 0.545 bits per heavy atom. The van der Waals surface area contributed by atoms with E-state index in [-0.39, 0.29) is 80.4 Å². The van der Waals surface area contributed by atoms with E-state index in [4.69, 9.17) is 9.97 Å². The number of fused-ring (bicyclic) bond motifs is 4. The zero-order valence-electron chi connectivity index (χ0n) is 68.2. The van der Waals surface area contributed by atoms with Crippen LogP contribution < -0.4 is 37.2 Å². The lowest BCUT2D eigenvalue weighted by Crippen LogP contribution is -2.43. The highest BCUT2D eigenvalue weighted by Gasteiger charge is 2.25. The van der Waals surface area contributed by atoms with Crippen LogP contribution in [-0.4, -0.2) is 191 Å². The van der Waals surface area contributed by atoms with Crippen molar-refractivity contribution in [3.8, 4) is 22.6 Å². The number of piperidine rings is 4. The molecule has 2 atom stereocenters. The zero-order chi connectivity index (χ0) is 81.5. The van der Waals surface area contributed by atoms with Crippen molar-refractivity contribution in [2.24, 2.45) is 11.8 Å². The number of nitrogens with zero attached hydrogens (tertiary/aromatic N) is 24. The van der Waals surface area contributed by atoms with Crippen LogP contribution in [0.3, 0.4) is 0 Å². The monoisotopic (exact) mass is 1810 g/mol. The molecular weight excluding hydrogens is 1720 g/mol. The van der Waals surface area contributed by atoms with E-state index in [2.05, 4.69) is 152 Å². The number of halogens is 6. The van der Waals surface area contributed by atoms with Crippen LogP contribution in [-0.2, 0) is 48.9 Å². The molecule has 2 amide bonds. The van der Waals surface area contributed by atoms with Gasteiger partial charge in [0, 0.05) is 81.5 Å². The molecule has 1 aromatic carbocycles. The first-order chi connectivity index (χ1) is 58.0. The summed E-state index contributed by atoms with van der Waals surface area (Å²) in [6.45, 7) is 22.2. The lowest BCUT2D eigenvalue weighted by atomic mass is 10.0. The minimum Gasteiger partial charge on any atom is -0.352 e. The summed E-state index contributed by atoms with van der Waals surface area (Å²) in [5.74, 6) is 2.33. The van der Waals surface area contributed by atoms with Gasteiger partial charge in [0.25, 0.3) is 0 Å². The Balaban J connectivity index is 0.000000156. The van der Waals surface area contributed by atoms with Crippen LogP contribution in [0.1, 0.15) is 112 Å². The van der Waals surface area contributed by atoms with E-state index in [0.717, 1.165) is 197 Å². The average Bonchev–Trinajstić information content (AvgIpc) is 1.64. The average molecular weight is 1810 g/mol. The van der Waals surface area contributed by atoms with Crippen molar-refractivity contribution in [2.45, 2.75) is 138 Å². The smallest absolute Gasteiger partial charge is 0.246 e. The third-order valence-corrected chi connectivity index (χ3v) is 23.4. The van der Waals surface area contributed by atoms with Gasteiger partial charge in [0.15, 0.2) is 46.0 Å². The molecule has 8 N–H and O–H groups in total. The molecule has 0 bridgehead atoms. The van der Waals surface area contributed by atoms with E-state index in [1.807, 2.05) is 81.9 Å². The highest BCUT2D eigenvalue weighted by Crippen LogP contribution is 2.34. The molecule has 18 heterocycles. The van der Waals surface area contributed by atoms with Crippen LogP contribution in [0.15, 0.2) is 123 Å². The van der Waals surface area contributed by atoms with Gasteiger partial charge in [-0.2, -0.15) is 23.3 Å². The van der Waals surface area contributed by atoms with Gasteiger partial charge < -0.3 is 42.2 Å². The van der Waals surface area contributed by atoms with Crippen LogP contribution in [0.4, 0.5) is 58.4 Å². The van der Waals surface area contributed by atoms with Crippen LogP contribution in [0.2, 0.25) is 0 Å². The van der Waals surface area contributed by atoms with Crippen molar-refractivity contribution in [1.82, 2.24) is 131 Å². The maximum atomic E-state index is 13.9. The number of likely N-dealkylation sites (tertiary alicyclic amines) is 3. The van der Waals surface area contributed by atoms with E-state index in [0.29, 0.717) is 47.0 Å². The summed E-state index contributed by atoms with van der Waals surface area (Å²) >= 11 is 4.30. The fourth-order valence-electron chi connectivity index (χ4n) is 15.6. The van der Waals surface area contributed by atoms with Crippen LogP contribution in [0, 0.1) is 44.2 Å². The molecule has 0 aliphatic carbocycles. The van der Waals surface area contributed by atoms with Gasteiger partial charge in [-0.1, -0.05) is 31.5 Å². The zero-order valence-corrected chi connectivity index (χ0v) is 73.9. The summed E-state index contributed by atoms with van der Waals surface area (Å²) in [4.78, 5) is 72.4. The fourth-order valence-corrected chi connectivity index (χ4v) is 17.6. The number of rotatable bonds is 24. The van der Waals surface area contributed by atoms with E-state index >= 15 is 0 Å². The van der Waals surface area contributed by atoms with Crippen molar-refractivity contribution in [3.63, 3.8) is 0 Å². The lowest BCUT2D eigenvalue weighted by Gasteiger charge is -2.30. The Bertz CT molecular complexity index is 6030. The highest BCUT2D eigenvalue weighted by atomic mass is 35.5. The Morgan fingerprint density at radius 2 is 1.11 bits per heavy atom. The van der Waals surface area contributed by atoms with Crippen LogP contribution >= 0.6 is 84.2 Å². The third kappa shape index (κ3) is 22.4. The maximum absolute atomic E-state index is 13.9. The van der Waals surface area contributed by atoms with Crippen molar-refractivity contribution in [2.75, 3.05) is 78.9 Å². The Hall–Kier alpha value is -10.9. The standard InChI is InChI=1S/C27H28F2N10OS.C27H36N10OS.C26H28N12S.4ClH/c1-16-5-4-8-37(11-16)13-18-9-24(41-35-18)33-26-27-30-10-22(39(27)12-17(2)31-26)21-14-38(36-34-21)15-23(40)32-20-7-3-6-19(28)25(20)29;1-18-4-3-9-35(13-18)16-22-10-25(39-34-22)33-26-27-29-12-23(37(27)14-19(2)31-26)20-11-30-36(15-20)17-24(38)32-21-5-7-28-8-6-21;1-17-13-38-23(31-19-10-29-37(15-19)16-22-32-20-5-6-27-11-21(20)33-22)12-28-26(38)25(30-17)34-24-9-18(35-39-24)14-36-7-3-2-4-8-36;;;;/h3,6-7,9-10,12,14,16H,4-5,8,11,13,15H2,1-2H3,(H,31,33)(H,32,40);10-12,14-15,18,21,28H,3-9,13,16-17H2,1-2H3,(H,31,33)(H,32,38);5-6,9-13,15,31H,2-4,7-8,14,16H2,1H3,(H,30,34)(H,32,33);4*1H. The molecule has 4 fully saturated rings. The topological polar surface area (TPSA) is 365 Å². The largest absolute Gasteiger partial charge is 0.352 e. The number of hydrogen-bond acceptors (Lipinski definition) is 28. The van der Waals surface area contributed by atoms with E-state index in [1.54, 1.807) is 48.1 Å². The number of aromatic nitrogens is 22. The second-order valence-electron chi connectivity index (χ2n) is 31.0. The van der Waals surface area contributed by atoms with Gasteiger partial charge in [-0.05, 0) is 194 Å². The van der Waals surface area contributed by atoms with Gasteiger partial charge in [-0.3, -0.25) is 51.8 Å². The van der Waals surface area contributed by atoms with Crippen molar-refractivity contribution in [3.05, 3.63) is 175 Å². The summed E-state index contributed by atoms with van der Waals surface area (Å²) in [6, 6.07) is 12.0. The first-order valence-electron chi connectivity index (χ1n) is 40.1. The van der Waals surface area contributed by atoms with Crippen molar-refractivity contribution < 1.29 is 18.4 Å². The number of carbonyl (C=O) groups is 2. The number of benzene rings is 1. The summed E-state index contributed by atoms with van der Waals surface area (Å²) < 4.78 is 52.1. The molecule has 19 rings (SSSR count). The molecule has 4 saturated heterocycles. The SMILES string of the molecule is Cc1cn2c(-c3cn(CC(=O)Nc4cccc(F)c4F)nn3)cnc2c(Nc2cc(CN3CCCC(C)C3)ns2)n1.Cc1cn2c(-c3cnn(CC(=O)NC4CCNCC4)c3)cnc2c(Nc2cc(CN3CCCC(C)C3)ns2)n1.Cc1cn2c(Nc3cnn(Cc4nc5ccncc5[nH]4)c3)cnc2c(Nc2cc(CN3CCCCC3)ns2)n1.Cl.Cl.Cl.Cl. The fraction of sp³-hybridized carbons (Fsp3) is 0.388. The number of nitrogens with one attached hydrogen (secondary N) is 8. The molecule has 0 radical (unpaired) electrons. The molecule has 43 heteroatoms. The van der Waals surface area contributed by atoms with Crippen LogP contribution in [0.5, 0.6) is 0 Å². The number of carbonyl (C=O) groups excluding carboxylic acids is 2. The molecule has 4 aliphatic heterocycles. The predicted octanol–water partition coefficient (Wildman–Crippen LogP) is 14.0. The normalized spacial score (nSPS) is 15.9. The molecule has 0 spiro atoms. The second-order valence-corrected chi connectivity index (χ2v) is 33.4. The molecular formula is C80H96Cl4F2N32O2S3. The Labute approximate surface area is 743 Å². The molecule has 14 aromatic heterocycles. The van der Waals surface area contributed by atoms with Gasteiger partial charge >= 0.3 is 0 Å². The number of imidazole rings is 4. The summed E-state index contributed by atoms with van der Waals surface area (Å²) in [6.07, 6.45) is 34.5. The molecule has 4 aliphatic rings. The van der Waals surface area contributed by atoms with Crippen molar-refractivity contribution >= 4 is 174 Å². The first-order valence-corrected chi connectivity index (χ1v) is 42.4. The van der Waals surface area contributed by atoms with Gasteiger partial charge in [0.05, 0.1) is 118 Å². The number of hydrogen-bond donors (Lipinski definition) is 8. The molecule has 34 nitrogen and oxygen atoms in total. The third-order valence-electron chi connectivity index (χ3n) is 21.1. The van der Waals surface area contributed by atoms with Gasteiger partial charge in [-0.25, -0.2) is 48.4 Å². The molecule has 123 heavy (non-hydrogen) atoms. The number of H-pyrrole nitrogens is 1. The first kappa shape index (κ1) is 89.9. The van der Waals surface area contributed by atoms with Gasteiger partial charge in [0.1, 0.15) is 45.4 Å². The Kier molecular flexibility index (Phi) is 30.0. The number of amides is 2. The summed E-state index contributed by atoms with van der Waals surface area (Å²) in [5.41, 5.74) is 13.1. The van der Waals surface area contributed by atoms with E-state index in [1.165, 1.54) is 96.4 Å². The number of anilines is 9. The minimum absolute atomic E-state index is 0. The molecule has 648 valence electrons. The van der Waals surface area contributed by atoms with Gasteiger partial charge in [-0.15, -0.1) is 54.7 Å². The molecule has 15 aromatic rings. The Morgan fingerprint density at radius 3 is 1.72 bits per heavy atom. The summed E-state index contributed by atoms with van der Waals surface area (Å²) in [5, 5.41) is 42.4. The quantitative estimate of drug-likeness (QED) is 0.0278. The molecule has 2 unspecified atom stereocenters. The molecule has 0 saturated carbocycles. The highest BCUT2D eigenvalue weighted by molar-refractivity contribution is 7.10. The minimum atomic E-state index is -1.12. The lowest BCUT2D eigenvalue weighted by molar-refractivity contribution is -0.122. The number of pyridine rings is 1. The number of aromatic amines is 1. The number of aryl methyl sites for hydroxylation is 3. The van der Waals surface area contributed by atoms with Crippen LogP contribution in [0.25, 0.3) is 50.6 Å². The van der Waals surface area contributed by atoms with E-state index in [9.17, 15) is 18.4 Å². The van der Waals surface area contributed by atoms with Gasteiger partial charge in [0.2, 0.25) is 11.8 Å². The van der Waals surface area contributed by atoms with Crippen molar-refractivity contribution in [1.29, 1.82) is 0 Å². The predicted molar refractivity (Wildman–Crippen MR) is 483 cm³/mol. The van der Waals surface area contributed by atoms with E-state index < -0.39 is 17.5 Å². The maximum Gasteiger partial charge on any atom is 0.246 e.